The molecule has 0 aliphatic carbocycles. The molecule has 1 saturated heterocycles. The van der Waals surface area contributed by atoms with E-state index < -0.39 is 11.4 Å². The molecule has 1 amide bonds. The zero-order chi connectivity index (χ0) is 18.0. The van der Waals surface area contributed by atoms with Gasteiger partial charge < -0.3 is 10.0 Å². The molecular formula is C18H22N4O3. The van der Waals surface area contributed by atoms with Crippen LogP contribution in [0.15, 0.2) is 30.3 Å². The Morgan fingerprint density at radius 2 is 2.00 bits per heavy atom. The molecular weight excluding hydrogens is 320 g/mol. The number of carboxylic acid groups (broad SMARTS) is 1. The van der Waals surface area contributed by atoms with Crippen molar-refractivity contribution in [3.05, 3.63) is 41.7 Å². The number of benzene rings is 1. The third-order valence-electron chi connectivity index (χ3n) is 4.88. The number of carbonyl (C=O) groups excluding carboxylic acids is 1. The molecule has 2 heterocycles. The maximum absolute atomic E-state index is 12.6. The standard InChI is InChI=1S/C18H22N4O3/c1-13-15(19-20-22(13)14-7-4-3-5-8-14)11-16(23)21-10-6-9-18(2,12-21)17(24)25/h3-5,7-8H,6,9-12H2,1-2H3,(H,24,25). The van der Waals surface area contributed by atoms with E-state index in [1.165, 1.54) is 0 Å². The van der Waals surface area contributed by atoms with Gasteiger partial charge in [0.15, 0.2) is 0 Å². The largest absolute Gasteiger partial charge is 0.481 e. The fourth-order valence-corrected chi connectivity index (χ4v) is 3.22. The Kier molecular flexibility index (Phi) is 4.57. The number of aliphatic carboxylic acids is 1. The lowest BCUT2D eigenvalue weighted by molar-refractivity contribution is -0.153. The molecule has 2 aromatic rings. The van der Waals surface area contributed by atoms with E-state index in [0.29, 0.717) is 25.1 Å². The van der Waals surface area contributed by atoms with Crippen LogP contribution in [0, 0.1) is 12.3 Å². The second kappa shape index (κ2) is 6.66. The van der Waals surface area contributed by atoms with Crippen LogP contribution in [0.2, 0.25) is 0 Å². The first kappa shape index (κ1) is 17.1. The molecule has 1 N–H and O–H groups in total. The molecule has 1 aliphatic rings. The molecule has 1 atom stereocenters. The van der Waals surface area contributed by atoms with Gasteiger partial charge in [-0.15, -0.1) is 5.10 Å². The van der Waals surface area contributed by atoms with Crippen LogP contribution in [0.5, 0.6) is 0 Å². The van der Waals surface area contributed by atoms with E-state index in [1.54, 1.807) is 16.5 Å². The van der Waals surface area contributed by atoms with Gasteiger partial charge in [0.2, 0.25) is 5.91 Å². The van der Waals surface area contributed by atoms with Crippen LogP contribution in [0.25, 0.3) is 5.69 Å². The van der Waals surface area contributed by atoms with E-state index >= 15 is 0 Å². The van der Waals surface area contributed by atoms with Gasteiger partial charge in [0.05, 0.1) is 28.9 Å². The zero-order valence-electron chi connectivity index (χ0n) is 14.5. The van der Waals surface area contributed by atoms with Gasteiger partial charge in [-0.05, 0) is 38.8 Å². The number of carboxylic acids is 1. The van der Waals surface area contributed by atoms with E-state index in [0.717, 1.165) is 11.4 Å². The quantitative estimate of drug-likeness (QED) is 0.916. The number of carbonyl (C=O) groups is 2. The highest BCUT2D eigenvalue weighted by atomic mass is 16.4. The predicted molar refractivity (Wildman–Crippen MR) is 91.4 cm³/mol. The van der Waals surface area contributed by atoms with Gasteiger partial charge >= 0.3 is 5.97 Å². The zero-order valence-corrected chi connectivity index (χ0v) is 14.5. The average Bonchev–Trinajstić information content (AvgIpc) is 2.96. The minimum atomic E-state index is -0.870. The van der Waals surface area contributed by atoms with Crippen molar-refractivity contribution in [1.29, 1.82) is 0 Å². The molecule has 25 heavy (non-hydrogen) atoms. The van der Waals surface area contributed by atoms with Gasteiger partial charge in [0, 0.05) is 13.1 Å². The molecule has 1 unspecified atom stereocenters. The maximum atomic E-state index is 12.6. The number of hydrogen-bond donors (Lipinski definition) is 1. The summed E-state index contributed by atoms with van der Waals surface area (Å²) in [5, 5.41) is 17.7. The Morgan fingerprint density at radius 3 is 2.68 bits per heavy atom. The van der Waals surface area contributed by atoms with Crippen LogP contribution >= 0.6 is 0 Å². The van der Waals surface area contributed by atoms with Crippen molar-refractivity contribution in [2.24, 2.45) is 5.41 Å². The van der Waals surface area contributed by atoms with Crippen LogP contribution < -0.4 is 0 Å². The molecule has 0 saturated carbocycles. The first-order chi connectivity index (χ1) is 11.9. The number of rotatable bonds is 4. The topological polar surface area (TPSA) is 88.3 Å². The summed E-state index contributed by atoms with van der Waals surface area (Å²) in [5.41, 5.74) is 1.46. The Balaban J connectivity index is 1.74. The molecule has 0 radical (unpaired) electrons. The summed E-state index contributed by atoms with van der Waals surface area (Å²) in [6.07, 6.45) is 1.42. The molecule has 1 aromatic carbocycles. The fraction of sp³-hybridized carbons (Fsp3) is 0.444. The summed E-state index contributed by atoms with van der Waals surface area (Å²) in [6.45, 7) is 4.42. The highest BCUT2D eigenvalue weighted by Crippen LogP contribution is 2.30. The van der Waals surface area contributed by atoms with Gasteiger partial charge in [-0.25, -0.2) is 4.68 Å². The summed E-state index contributed by atoms with van der Waals surface area (Å²) >= 11 is 0. The molecule has 0 bridgehead atoms. The summed E-state index contributed by atoms with van der Waals surface area (Å²) in [6, 6.07) is 9.62. The smallest absolute Gasteiger partial charge is 0.311 e. The van der Waals surface area contributed by atoms with Crippen molar-refractivity contribution in [1.82, 2.24) is 19.9 Å². The van der Waals surface area contributed by atoms with Crippen LogP contribution in [0.4, 0.5) is 0 Å². The summed E-state index contributed by atoms with van der Waals surface area (Å²) in [7, 11) is 0. The molecule has 3 rings (SSSR count). The summed E-state index contributed by atoms with van der Waals surface area (Å²) < 4.78 is 1.71. The fourth-order valence-electron chi connectivity index (χ4n) is 3.22. The van der Waals surface area contributed by atoms with E-state index in [-0.39, 0.29) is 18.9 Å². The highest BCUT2D eigenvalue weighted by Gasteiger charge is 2.39. The van der Waals surface area contributed by atoms with Crippen LogP contribution in [0.1, 0.15) is 31.2 Å². The Morgan fingerprint density at radius 1 is 1.28 bits per heavy atom. The van der Waals surface area contributed by atoms with E-state index in [9.17, 15) is 14.7 Å². The summed E-state index contributed by atoms with van der Waals surface area (Å²) in [5.74, 6) is -0.952. The van der Waals surface area contributed by atoms with E-state index in [2.05, 4.69) is 10.3 Å². The van der Waals surface area contributed by atoms with Crippen LogP contribution in [0.3, 0.4) is 0 Å². The third-order valence-corrected chi connectivity index (χ3v) is 4.88. The third kappa shape index (κ3) is 3.40. The van der Waals surface area contributed by atoms with E-state index in [4.69, 9.17) is 0 Å². The first-order valence-corrected chi connectivity index (χ1v) is 8.38. The molecule has 132 valence electrons. The lowest BCUT2D eigenvalue weighted by atomic mass is 9.82. The van der Waals surface area contributed by atoms with Crippen molar-refractivity contribution in [2.75, 3.05) is 13.1 Å². The molecule has 1 aliphatic heterocycles. The Bertz CT molecular complexity index is 787. The van der Waals surface area contributed by atoms with Gasteiger partial charge in [-0.2, -0.15) is 0 Å². The predicted octanol–water partition coefficient (Wildman–Crippen LogP) is 1.83. The number of para-hydroxylation sites is 1. The van der Waals surface area contributed by atoms with Gasteiger partial charge in [0.1, 0.15) is 0 Å². The van der Waals surface area contributed by atoms with Crippen molar-refractivity contribution in [2.45, 2.75) is 33.1 Å². The van der Waals surface area contributed by atoms with Crippen molar-refractivity contribution >= 4 is 11.9 Å². The number of aromatic nitrogens is 3. The van der Waals surface area contributed by atoms with Crippen LogP contribution in [-0.2, 0) is 16.0 Å². The molecule has 7 nitrogen and oxygen atoms in total. The van der Waals surface area contributed by atoms with Crippen molar-refractivity contribution in [3.8, 4) is 5.69 Å². The van der Waals surface area contributed by atoms with Crippen molar-refractivity contribution < 1.29 is 14.7 Å². The number of nitrogens with zero attached hydrogens (tertiary/aromatic N) is 4. The lowest BCUT2D eigenvalue weighted by Crippen LogP contribution is -2.48. The lowest BCUT2D eigenvalue weighted by Gasteiger charge is -2.37. The van der Waals surface area contributed by atoms with E-state index in [1.807, 2.05) is 37.3 Å². The highest BCUT2D eigenvalue weighted by molar-refractivity contribution is 5.81. The Labute approximate surface area is 146 Å². The number of piperidine rings is 1. The monoisotopic (exact) mass is 342 g/mol. The minimum absolute atomic E-state index is 0.101. The molecule has 1 aromatic heterocycles. The second-order valence-corrected chi connectivity index (χ2v) is 6.83. The molecule has 1 fully saturated rings. The number of hydrogen-bond acceptors (Lipinski definition) is 4. The first-order valence-electron chi connectivity index (χ1n) is 8.38. The average molecular weight is 342 g/mol. The number of amides is 1. The normalized spacial score (nSPS) is 20.5. The van der Waals surface area contributed by atoms with Crippen LogP contribution in [-0.4, -0.2) is 50.0 Å². The number of likely N-dealkylation sites (tertiary alicyclic amines) is 1. The molecule has 0 spiro atoms. The summed E-state index contributed by atoms with van der Waals surface area (Å²) in [4.78, 5) is 25.7. The minimum Gasteiger partial charge on any atom is -0.481 e. The maximum Gasteiger partial charge on any atom is 0.311 e. The van der Waals surface area contributed by atoms with Gasteiger partial charge in [-0.3, -0.25) is 9.59 Å². The van der Waals surface area contributed by atoms with Gasteiger partial charge in [-0.1, -0.05) is 23.4 Å². The SMILES string of the molecule is Cc1c(CC(=O)N2CCCC(C)(C(=O)O)C2)nnn1-c1ccccc1. The second-order valence-electron chi connectivity index (χ2n) is 6.83. The van der Waals surface area contributed by atoms with Crippen molar-refractivity contribution in [3.63, 3.8) is 0 Å². The van der Waals surface area contributed by atoms with Gasteiger partial charge in [0.25, 0.3) is 0 Å². The Hall–Kier alpha value is -2.70. The molecule has 7 heteroatoms.